The third-order valence-electron chi connectivity index (χ3n) is 2.15. The highest BCUT2D eigenvalue weighted by atomic mass is 16.7. The van der Waals surface area contributed by atoms with Crippen molar-refractivity contribution in [2.24, 2.45) is 0 Å². The molecule has 1 rings (SSSR count). The van der Waals surface area contributed by atoms with Gasteiger partial charge in [0.05, 0.1) is 6.61 Å². The Morgan fingerprint density at radius 3 is 2.33 bits per heavy atom. The highest BCUT2D eigenvalue weighted by Crippen LogP contribution is 2.14. The first-order valence-corrected chi connectivity index (χ1v) is 4.59. The van der Waals surface area contributed by atoms with E-state index in [9.17, 15) is 0 Å². The van der Waals surface area contributed by atoms with Gasteiger partial charge in [-0.05, 0) is 27.8 Å². The second-order valence-corrected chi connectivity index (χ2v) is 4.41. The molecule has 0 amide bonds. The maximum atomic E-state index is 5.63. The number of hydrogen-bond acceptors (Lipinski definition) is 3. The van der Waals surface area contributed by atoms with Gasteiger partial charge < -0.3 is 4.90 Å². The average molecular weight is 172 g/mol. The van der Waals surface area contributed by atoms with Gasteiger partial charge in [-0.3, -0.25) is 4.84 Å². The van der Waals surface area contributed by atoms with Crippen LogP contribution < -0.4 is 0 Å². The molecule has 0 saturated carbocycles. The molecule has 0 bridgehead atoms. The summed E-state index contributed by atoms with van der Waals surface area (Å²) < 4.78 is 0. The smallest absolute Gasteiger partial charge is 0.0812 e. The third kappa shape index (κ3) is 2.73. The molecule has 0 aliphatic carbocycles. The Bertz CT molecular complexity index is 142. The largest absolute Gasteiger partial charge is 0.303 e. The molecule has 1 heterocycles. The SMILES string of the molecule is CN1CCON(C(C)(C)C)CC1. The van der Waals surface area contributed by atoms with Gasteiger partial charge >= 0.3 is 0 Å². The third-order valence-corrected chi connectivity index (χ3v) is 2.15. The van der Waals surface area contributed by atoms with E-state index in [0.717, 1.165) is 26.2 Å². The molecule has 1 fully saturated rings. The van der Waals surface area contributed by atoms with Crippen LogP contribution in [0.2, 0.25) is 0 Å². The zero-order chi connectivity index (χ0) is 9.19. The molecule has 12 heavy (non-hydrogen) atoms. The van der Waals surface area contributed by atoms with Gasteiger partial charge in [0, 0.05) is 25.2 Å². The van der Waals surface area contributed by atoms with Gasteiger partial charge in [0.25, 0.3) is 0 Å². The summed E-state index contributed by atoms with van der Waals surface area (Å²) in [7, 11) is 2.13. The zero-order valence-electron chi connectivity index (χ0n) is 8.63. The summed E-state index contributed by atoms with van der Waals surface area (Å²) in [4.78, 5) is 7.93. The quantitative estimate of drug-likeness (QED) is 0.541. The number of rotatable bonds is 0. The van der Waals surface area contributed by atoms with E-state index < -0.39 is 0 Å². The van der Waals surface area contributed by atoms with Gasteiger partial charge in [-0.1, -0.05) is 0 Å². The first-order chi connectivity index (χ1) is 5.50. The van der Waals surface area contributed by atoms with Crippen LogP contribution in [-0.2, 0) is 4.84 Å². The van der Waals surface area contributed by atoms with E-state index in [2.05, 4.69) is 37.8 Å². The van der Waals surface area contributed by atoms with Crippen molar-refractivity contribution in [2.45, 2.75) is 26.3 Å². The number of likely N-dealkylation sites (N-methyl/N-ethyl adjacent to an activating group) is 1. The molecule has 0 unspecified atom stereocenters. The van der Waals surface area contributed by atoms with Crippen molar-refractivity contribution in [3.63, 3.8) is 0 Å². The molecule has 3 nitrogen and oxygen atoms in total. The molecule has 1 aliphatic rings. The normalized spacial score (nSPS) is 24.0. The lowest BCUT2D eigenvalue weighted by Crippen LogP contribution is -2.42. The Hall–Kier alpha value is -0.120. The Labute approximate surface area is 75.2 Å². The molecule has 3 heteroatoms. The van der Waals surface area contributed by atoms with Crippen LogP contribution in [0.1, 0.15) is 20.8 Å². The zero-order valence-corrected chi connectivity index (χ0v) is 8.63. The topological polar surface area (TPSA) is 15.7 Å². The van der Waals surface area contributed by atoms with Crippen molar-refractivity contribution in [1.29, 1.82) is 0 Å². The second kappa shape index (κ2) is 3.73. The van der Waals surface area contributed by atoms with Crippen LogP contribution in [0.4, 0.5) is 0 Å². The predicted molar refractivity (Wildman–Crippen MR) is 49.9 cm³/mol. The minimum atomic E-state index is 0.130. The lowest BCUT2D eigenvalue weighted by molar-refractivity contribution is -0.199. The van der Waals surface area contributed by atoms with Crippen molar-refractivity contribution in [3.05, 3.63) is 0 Å². The summed E-state index contributed by atoms with van der Waals surface area (Å²) in [5.41, 5.74) is 0.130. The van der Waals surface area contributed by atoms with Crippen LogP contribution in [0.15, 0.2) is 0 Å². The van der Waals surface area contributed by atoms with E-state index in [0.29, 0.717) is 0 Å². The molecule has 0 aromatic carbocycles. The maximum Gasteiger partial charge on any atom is 0.0812 e. The molecule has 0 spiro atoms. The molecule has 0 radical (unpaired) electrons. The fourth-order valence-corrected chi connectivity index (χ4v) is 1.27. The van der Waals surface area contributed by atoms with Crippen LogP contribution in [0, 0.1) is 0 Å². The van der Waals surface area contributed by atoms with Gasteiger partial charge in [-0.15, -0.1) is 0 Å². The van der Waals surface area contributed by atoms with Crippen LogP contribution in [0.25, 0.3) is 0 Å². The lowest BCUT2D eigenvalue weighted by atomic mass is 10.1. The summed E-state index contributed by atoms with van der Waals surface area (Å²) in [6, 6.07) is 0. The van der Waals surface area contributed by atoms with Gasteiger partial charge in [0.15, 0.2) is 0 Å². The first kappa shape index (κ1) is 9.96. The molecular weight excluding hydrogens is 152 g/mol. The maximum absolute atomic E-state index is 5.63. The van der Waals surface area contributed by atoms with Crippen LogP contribution in [-0.4, -0.2) is 48.8 Å². The van der Waals surface area contributed by atoms with Crippen LogP contribution in [0.5, 0.6) is 0 Å². The number of hydroxylamine groups is 2. The fourth-order valence-electron chi connectivity index (χ4n) is 1.27. The number of hydrogen-bond donors (Lipinski definition) is 0. The van der Waals surface area contributed by atoms with Gasteiger partial charge in [-0.25, -0.2) is 0 Å². The Morgan fingerprint density at radius 2 is 1.75 bits per heavy atom. The van der Waals surface area contributed by atoms with Crippen molar-refractivity contribution in [3.8, 4) is 0 Å². The Kier molecular flexibility index (Phi) is 3.09. The fraction of sp³-hybridized carbons (Fsp3) is 1.00. The predicted octanol–water partition coefficient (Wildman–Crippen LogP) is 0.964. The summed E-state index contributed by atoms with van der Waals surface area (Å²) in [5.74, 6) is 0. The van der Waals surface area contributed by atoms with E-state index in [1.807, 2.05) is 0 Å². The second-order valence-electron chi connectivity index (χ2n) is 4.41. The molecule has 0 atom stereocenters. The first-order valence-electron chi connectivity index (χ1n) is 4.59. The van der Waals surface area contributed by atoms with Gasteiger partial charge in [-0.2, -0.15) is 5.06 Å². The van der Waals surface area contributed by atoms with E-state index >= 15 is 0 Å². The monoisotopic (exact) mass is 172 g/mol. The van der Waals surface area contributed by atoms with E-state index in [1.165, 1.54) is 0 Å². The Balaban J connectivity index is 2.46. The standard InChI is InChI=1S/C9H20N2O/c1-9(2,3)11-6-5-10(4)7-8-12-11/h5-8H2,1-4H3. The van der Waals surface area contributed by atoms with E-state index in [1.54, 1.807) is 0 Å². The van der Waals surface area contributed by atoms with Crippen molar-refractivity contribution in [1.82, 2.24) is 9.96 Å². The minimum Gasteiger partial charge on any atom is -0.303 e. The number of nitrogens with zero attached hydrogens (tertiary/aromatic N) is 2. The van der Waals surface area contributed by atoms with Crippen LogP contribution in [0.3, 0.4) is 0 Å². The van der Waals surface area contributed by atoms with Gasteiger partial charge in [0.2, 0.25) is 0 Å². The highest BCUT2D eigenvalue weighted by Gasteiger charge is 2.24. The molecular formula is C9H20N2O. The van der Waals surface area contributed by atoms with E-state index in [-0.39, 0.29) is 5.54 Å². The molecule has 1 saturated heterocycles. The molecule has 72 valence electrons. The summed E-state index contributed by atoms with van der Waals surface area (Å²) >= 11 is 0. The Morgan fingerprint density at radius 1 is 1.08 bits per heavy atom. The summed E-state index contributed by atoms with van der Waals surface area (Å²) in [6.45, 7) is 10.5. The lowest BCUT2D eigenvalue weighted by Gasteiger charge is -2.32. The van der Waals surface area contributed by atoms with Crippen LogP contribution >= 0.6 is 0 Å². The summed E-state index contributed by atoms with van der Waals surface area (Å²) in [6.07, 6.45) is 0. The van der Waals surface area contributed by atoms with Gasteiger partial charge in [0.1, 0.15) is 0 Å². The summed E-state index contributed by atoms with van der Waals surface area (Å²) in [5, 5.41) is 2.08. The average Bonchev–Trinajstić information content (AvgIpc) is 2.11. The molecule has 1 aliphatic heterocycles. The van der Waals surface area contributed by atoms with Crippen molar-refractivity contribution in [2.75, 3.05) is 33.3 Å². The van der Waals surface area contributed by atoms with Crippen molar-refractivity contribution >= 4 is 0 Å². The molecule has 0 N–H and O–H groups in total. The minimum absolute atomic E-state index is 0.130. The van der Waals surface area contributed by atoms with E-state index in [4.69, 9.17) is 4.84 Å². The molecule has 0 aromatic heterocycles. The van der Waals surface area contributed by atoms with Crippen molar-refractivity contribution < 1.29 is 4.84 Å². The molecule has 0 aromatic rings. The highest BCUT2D eigenvalue weighted by molar-refractivity contribution is 4.72.